The van der Waals surface area contributed by atoms with Gasteiger partial charge >= 0.3 is 8.89 Å². The van der Waals surface area contributed by atoms with E-state index in [1.807, 2.05) is 76.9 Å². The van der Waals surface area contributed by atoms with Crippen molar-refractivity contribution in [3.05, 3.63) is 12.4 Å². The van der Waals surface area contributed by atoms with Crippen LogP contribution in [0.1, 0.15) is 55.4 Å². The van der Waals surface area contributed by atoms with Gasteiger partial charge in [-0.25, -0.2) is 4.11 Å². The van der Waals surface area contributed by atoms with E-state index in [-0.39, 0.29) is 17.1 Å². The van der Waals surface area contributed by atoms with Gasteiger partial charge in [-0.15, -0.1) is 0 Å². The largest absolute Gasteiger partial charge is 0.549 e. The van der Waals surface area contributed by atoms with Gasteiger partial charge in [0.05, 0.1) is 0 Å². The summed E-state index contributed by atoms with van der Waals surface area (Å²) >= 11 is 0. The maximum atomic E-state index is 15.7. The van der Waals surface area contributed by atoms with Crippen LogP contribution < -0.4 is 4.98 Å². The van der Waals surface area contributed by atoms with Crippen molar-refractivity contribution in [3.63, 3.8) is 0 Å². The molecule has 5 heteroatoms. The van der Waals surface area contributed by atoms with E-state index in [1.54, 1.807) is 0 Å². The lowest BCUT2D eigenvalue weighted by molar-refractivity contribution is 0.218. The molecule has 0 saturated heterocycles. The number of nitrogens with one attached hydrogen (secondary N) is 1. The van der Waals surface area contributed by atoms with Gasteiger partial charge in [0, 0.05) is 29.5 Å². The Balaban J connectivity index is 3.15. The lowest BCUT2D eigenvalue weighted by atomic mass is 10.1. The minimum Gasteiger partial charge on any atom is -0.344 e. The molecule has 1 aliphatic heterocycles. The minimum absolute atomic E-state index is 0.122. The van der Waals surface area contributed by atoms with E-state index in [2.05, 4.69) is 4.98 Å². The zero-order chi connectivity index (χ0) is 14.4. The average molecular weight is 273 g/mol. The van der Waals surface area contributed by atoms with Crippen LogP contribution in [0.5, 0.6) is 0 Å². The molecule has 0 fully saturated rings. The maximum absolute atomic E-state index is 15.7. The first kappa shape index (κ1) is 15.5. The summed E-state index contributed by atoms with van der Waals surface area (Å²) in [5.41, 5.74) is -0.446. The minimum atomic E-state index is -3.37. The number of hydrogen-bond donors (Lipinski definition) is 1. The van der Waals surface area contributed by atoms with Crippen molar-refractivity contribution in [2.24, 2.45) is 0 Å². The van der Waals surface area contributed by atoms with Gasteiger partial charge in [-0.2, -0.15) is 0 Å². The first-order chi connectivity index (χ1) is 7.89. The molecule has 0 saturated carbocycles. The second-order valence-electron chi connectivity index (χ2n) is 7.27. The van der Waals surface area contributed by atoms with E-state index in [1.165, 1.54) is 0 Å². The topological polar surface area (TPSA) is 18.5 Å². The zero-order valence-electron chi connectivity index (χ0n) is 13.0. The molecule has 0 amide bonds. The summed E-state index contributed by atoms with van der Waals surface area (Å²) in [4.78, 5) is 3.19. The monoisotopic (exact) mass is 273 g/mol. The number of nitrogens with zero attached hydrogens (tertiary/aromatic N) is 2. The molecule has 0 unspecified atom stereocenters. The molecule has 1 heterocycles. The van der Waals surface area contributed by atoms with Crippen molar-refractivity contribution in [1.29, 1.82) is 0 Å². The fourth-order valence-corrected chi connectivity index (χ4v) is 5.84. The second kappa shape index (κ2) is 4.53. The van der Waals surface area contributed by atoms with Crippen molar-refractivity contribution in [3.8, 4) is 0 Å². The van der Waals surface area contributed by atoms with E-state index in [0.717, 1.165) is 0 Å². The van der Waals surface area contributed by atoms with Gasteiger partial charge in [0.2, 0.25) is 0 Å². The molecule has 0 radical (unpaired) electrons. The molecule has 0 aromatic rings. The molecule has 0 spiro atoms. The standard InChI is InChI=1S/C13H28FN3Si/c1-11(2)15-18(14)16(12(3,4)5)9-10-17(18)13(6,7)8/h9-11,15H,1-8H3. The first-order valence-corrected chi connectivity index (χ1v) is 8.40. The van der Waals surface area contributed by atoms with Gasteiger partial charge in [0.25, 0.3) is 0 Å². The van der Waals surface area contributed by atoms with Crippen LogP contribution in [0, 0.1) is 0 Å². The summed E-state index contributed by atoms with van der Waals surface area (Å²) in [5, 5.41) is 0. The van der Waals surface area contributed by atoms with Crippen LogP contribution in [0.4, 0.5) is 4.11 Å². The summed E-state index contributed by atoms with van der Waals surface area (Å²) in [6, 6.07) is 0.122. The number of hydrogen-bond acceptors (Lipinski definition) is 3. The van der Waals surface area contributed by atoms with Crippen LogP contribution in [0.3, 0.4) is 0 Å². The van der Waals surface area contributed by atoms with Gasteiger partial charge in [-0.05, 0) is 41.5 Å². The third-order valence-corrected chi connectivity index (χ3v) is 6.78. The quantitative estimate of drug-likeness (QED) is 0.616. The van der Waals surface area contributed by atoms with Crippen LogP contribution in [-0.2, 0) is 0 Å². The second-order valence-corrected chi connectivity index (χ2v) is 9.69. The Bertz CT molecular complexity index is 304. The fraction of sp³-hybridized carbons (Fsp3) is 0.846. The molecule has 0 aromatic carbocycles. The Hall–Kier alpha value is -0.553. The predicted molar refractivity (Wildman–Crippen MR) is 77.5 cm³/mol. The molecule has 0 bridgehead atoms. The molecule has 0 aliphatic carbocycles. The molecule has 0 atom stereocenters. The molecule has 1 aliphatic rings. The highest BCUT2D eigenvalue weighted by molar-refractivity contribution is 6.66. The van der Waals surface area contributed by atoms with Crippen LogP contribution in [0.25, 0.3) is 0 Å². The normalized spacial score (nSPS) is 20.1. The van der Waals surface area contributed by atoms with Crippen molar-refractivity contribution in [2.45, 2.75) is 72.5 Å². The van der Waals surface area contributed by atoms with Crippen LogP contribution in [0.2, 0.25) is 0 Å². The third-order valence-electron chi connectivity index (χ3n) is 2.92. The SMILES string of the molecule is CC(C)N[Si]1(F)N(C(C)(C)C)C=CN1C(C)(C)C. The van der Waals surface area contributed by atoms with E-state index >= 15 is 4.11 Å². The van der Waals surface area contributed by atoms with E-state index in [0.29, 0.717) is 0 Å². The highest BCUT2D eigenvalue weighted by atomic mass is 28.4. The Morgan fingerprint density at radius 1 is 0.944 bits per heavy atom. The molecule has 1 rings (SSSR count). The van der Waals surface area contributed by atoms with Gasteiger partial charge in [-0.1, -0.05) is 13.8 Å². The highest BCUT2D eigenvalue weighted by Crippen LogP contribution is 2.35. The molecular formula is C13H28FN3Si. The Labute approximate surface area is 112 Å². The van der Waals surface area contributed by atoms with Crippen molar-refractivity contribution >= 4 is 8.89 Å². The third kappa shape index (κ3) is 2.88. The average Bonchev–Trinajstić information content (AvgIpc) is 2.38. The van der Waals surface area contributed by atoms with E-state index in [4.69, 9.17) is 0 Å². The molecule has 18 heavy (non-hydrogen) atoms. The molecule has 3 nitrogen and oxygen atoms in total. The van der Waals surface area contributed by atoms with Crippen molar-refractivity contribution < 1.29 is 4.11 Å². The summed E-state index contributed by atoms with van der Waals surface area (Å²) in [5.74, 6) is 0. The Morgan fingerprint density at radius 2 is 1.28 bits per heavy atom. The van der Waals surface area contributed by atoms with E-state index in [9.17, 15) is 0 Å². The van der Waals surface area contributed by atoms with Gasteiger partial charge in [-0.3, -0.25) is 4.98 Å². The van der Waals surface area contributed by atoms with Crippen LogP contribution in [0.15, 0.2) is 12.4 Å². The van der Waals surface area contributed by atoms with Crippen LogP contribution in [-0.4, -0.2) is 35.1 Å². The maximum Gasteiger partial charge on any atom is 0.549 e. The number of halogens is 1. The van der Waals surface area contributed by atoms with Crippen LogP contribution >= 0.6 is 0 Å². The van der Waals surface area contributed by atoms with Gasteiger partial charge in [0.15, 0.2) is 0 Å². The smallest absolute Gasteiger partial charge is 0.344 e. The summed E-state index contributed by atoms with van der Waals surface area (Å²) < 4.78 is 19.5. The van der Waals surface area contributed by atoms with E-state index < -0.39 is 8.89 Å². The van der Waals surface area contributed by atoms with Crippen molar-refractivity contribution in [2.75, 3.05) is 0 Å². The zero-order valence-corrected chi connectivity index (χ0v) is 14.0. The first-order valence-electron chi connectivity index (χ1n) is 6.63. The van der Waals surface area contributed by atoms with Gasteiger partial charge < -0.3 is 9.13 Å². The lowest BCUT2D eigenvalue weighted by Crippen LogP contribution is -2.73. The molecule has 0 aromatic heterocycles. The summed E-state index contributed by atoms with van der Waals surface area (Å²) in [6.45, 7) is 16.3. The fourth-order valence-electron chi connectivity index (χ4n) is 2.29. The molecular weight excluding hydrogens is 245 g/mol. The number of rotatable bonds is 2. The molecule has 1 N–H and O–H groups in total. The summed E-state index contributed by atoms with van der Waals surface area (Å²) in [7, 11) is -3.37. The molecule has 106 valence electrons. The Kier molecular flexibility index (Phi) is 3.90. The Morgan fingerprint density at radius 3 is 1.50 bits per heavy atom. The lowest BCUT2D eigenvalue weighted by Gasteiger charge is -2.47. The summed E-state index contributed by atoms with van der Waals surface area (Å²) in [6.07, 6.45) is 3.79. The predicted octanol–water partition coefficient (Wildman–Crippen LogP) is 3.08. The highest BCUT2D eigenvalue weighted by Gasteiger charge is 2.57. The van der Waals surface area contributed by atoms with Gasteiger partial charge in [0.1, 0.15) is 0 Å². The van der Waals surface area contributed by atoms with Crippen molar-refractivity contribution in [1.82, 2.24) is 14.1 Å².